The molecule has 0 fully saturated rings. The summed E-state index contributed by atoms with van der Waals surface area (Å²) in [6.07, 6.45) is 1.09. The van der Waals surface area contributed by atoms with Crippen LogP contribution in [-0.4, -0.2) is 7.05 Å². The Labute approximate surface area is 85.1 Å². The Kier molecular flexibility index (Phi) is 3.61. The molecule has 0 atom stereocenters. The molecule has 0 saturated heterocycles. The molecule has 1 aromatic carbocycles. The molecule has 13 heavy (non-hydrogen) atoms. The fourth-order valence-electron chi connectivity index (χ4n) is 1.40. The third kappa shape index (κ3) is 2.92. The van der Waals surface area contributed by atoms with E-state index in [1.807, 2.05) is 19.2 Å². The van der Waals surface area contributed by atoms with Crippen LogP contribution in [0.3, 0.4) is 0 Å². The number of anilines is 1. The Morgan fingerprint density at radius 1 is 1.38 bits per heavy atom. The van der Waals surface area contributed by atoms with Crippen LogP contribution in [-0.2, 0) is 6.42 Å². The lowest BCUT2D eigenvalue weighted by Crippen LogP contribution is -1.99. The molecule has 0 radical (unpaired) electrons. The quantitative estimate of drug-likeness (QED) is 0.781. The molecular weight excluding hydrogens is 182 g/mol. The first-order valence-corrected chi connectivity index (χ1v) is 4.97. The predicted octanol–water partition coefficient (Wildman–Crippen LogP) is 3.58. The van der Waals surface area contributed by atoms with E-state index < -0.39 is 0 Å². The summed E-state index contributed by atoms with van der Waals surface area (Å²) in [4.78, 5) is 0. The van der Waals surface area contributed by atoms with E-state index in [1.54, 1.807) is 0 Å². The standard InChI is InChI=1S/C11H16ClN/c1-8(2)6-9-4-5-10(12)7-11(9)13-3/h4-5,7-8,13H,6H2,1-3H3. The van der Waals surface area contributed by atoms with Crippen LogP contribution >= 0.6 is 11.6 Å². The minimum atomic E-state index is 0.674. The van der Waals surface area contributed by atoms with Gasteiger partial charge in [0.2, 0.25) is 0 Å². The highest BCUT2D eigenvalue weighted by Crippen LogP contribution is 2.22. The smallest absolute Gasteiger partial charge is 0.0426 e. The summed E-state index contributed by atoms with van der Waals surface area (Å²) in [5.41, 5.74) is 2.48. The van der Waals surface area contributed by atoms with E-state index in [4.69, 9.17) is 11.6 Å². The average molecular weight is 198 g/mol. The van der Waals surface area contributed by atoms with Crippen molar-refractivity contribution in [2.75, 3.05) is 12.4 Å². The van der Waals surface area contributed by atoms with Gasteiger partial charge in [-0.1, -0.05) is 31.5 Å². The second kappa shape index (κ2) is 4.52. The molecule has 1 N–H and O–H groups in total. The molecule has 2 heteroatoms. The molecule has 1 nitrogen and oxygen atoms in total. The maximum atomic E-state index is 5.89. The molecule has 0 amide bonds. The second-order valence-electron chi connectivity index (χ2n) is 3.65. The molecule has 1 rings (SSSR count). The SMILES string of the molecule is CNc1cc(Cl)ccc1CC(C)C. The summed E-state index contributed by atoms with van der Waals surface area (Å²) >= 11 is 5.89. The van der Waals surface area contributed by atoms with Gasteiger partial charge in [-0.15, -0.1) is 0 Å². The van der Waals surface area contributed by atoms with Gasteiger partial charge in [0, 0.05) is 17.8 Å². The van der Waals surface area contributed by atoms with Crippen molar-refractivity contribution in [1.29, 1.82) is 0 Å². The molecule has 0 aliphatic heterocycles. The first kappa shape index (κ1) is 10.4. The van der Waals surface area contributed by atoms with Gasteiger partial charge in [0.15, 0.2) is 0 Å². The van der Waals surface area contributed by atoms with Gasteiger partial charge in [-0.3, -0.25) is 0 Å². The van der Waals surface area contributed by atoms with Crippen molar-refractivity contribution >= 4 is 17.3 Å². The van der Waals surface area contributed by atoms with E-state index in [9.17, 15) is 0 Å². The average Bonchev–Trinajstić information content (AvgIpc) is 2.07. The summed E-state index contributed by atoms with van der Waals surface area (Å²) in [6.45, 7) is 4.43. The highest BCUT2D eigenvalue weighted by molar-refractivity contribution is 6.30. The highest BCUT2D eigenvalue weighted by Gasteiger charge is 2.03. The van der Waals surface area contributed by atoms with Crippen molar-refractivity contribution in [3.63, 3.8) is 0 Å². The zero-order valence-corrected chi connectivity index (χ0v) is 9.15. The fraction of sp³-hybridized carbons (Fsp3) is 0.455. The van der Waals surface area contributed by atoms with Gasteiger partial charge in [0.1, 0.15) is 0 Å². The van der Waals surface area contributed by atoms with Gasteiger partial charge in [-0.05, 0) is 30.0 Å². The van der Waals surface area contributed by atoms with E-state index in [0.29, 0.717) is 5.92 Å². The van der Waals surface area contributed by atoms with Crippen molar-refractivity contribution < 1.29 is 0 Å². The maximum Gasteiger partial charge on any atom is 0.0426 e. The van der Waals surface area contributed by atoms with Crippen LogP contribution in [0.1, 0.15) is 19.4 Å². The normalized spacial score (nSPS) is 10.5. The minimum Gasteiger partial charge on any atom is -0.388 e. The van der Waals surface area contributed by atoms with Crippen molar-refractivity contribution in [2.24, 2.45) is 5.92 Å². The Hall–Kier alpha value is -0.690. The monoisotopic (exact) mass is 197 g/mol. The van der Waals surface area contributed by atoms with E-state index >= 15 is 0 Å². The Morgan fingerprint density at radius 2 is 2.08 bits per heavy atom. The lowest BCUT2D eigenvalue weighted by atomic mass is 10.0. The maximum absolute atomic E-state index is 5.89. The zero-order chi connectivity index (χ0) is 9.84. The van der Waals surface area contributed by atoms with Crippen molar-refractivity contribution in [1.82, 2.24) is 0 Å². The van der Waals surface area contributed by atoms with Crippen molar-refractivity contribution in [3.05, 3.63) is 28.8 Å². The third-order valence-corrected chi connectivity index (χ3v) is 2.20. The van der Waals surface area contributed by atoms with Crippen LogP contribution in [0.15, 0.2) is 18.2 Å². The molecular formula is C11H16ClN. The molecule has 0 heterocycles. The van der Waals surface area contributed by atoms with E-state index in [1.165, 1.54) is 5.56 Å². The predicted molar refractivity (Wildman–Crippen MR) is 59.5 cm³/mol. The summed E-state index contributed by atoms with van der Waals surface area (Å²) in [7, 11) is 1.93. The van der Waals surface area contributed by atoms with Crippen molar-refractivity contribution in [2.45, 2.75) is 20.3 Å². The number of halogens is 1. The van der Waals surface area contributed by atoms with Crippen LogP contribution in [0.5, 0.6) is 0 Å². The summed E-state index contributed by atoms with van der Waals surface area (Å²) in [5.74, 6) is 0.674. The summed E-state index contributed by atoms with van der Waals surface area (Å²) < 4.78 is 0. The van der Waals surface area contributed by atoms with Gasteiger partial charge in [-0.2, -0.15) is 0 Å². The van der Waals surface area contributed by atoms with Crippen LogP contribution in [0, 0.1) is 5.92 Å². The number of hydrogen-bond donors (Lipinski definition) is 1. The Balaban J connectivity index is 2.92. The van der Waals surface area contributed by atoms with E-state index in [0.717, 1.165) is 17.1 Å². The first-order chi connectivity index (χ1) is 6.13. The second-order valence-corrected chi connectivity index (χ2v) is 4.09. The van der Waals surface area contributed by atoms with Gasteiger partial charge >= 0.3 is 0 Å². The van der Waals surface area contributed by atoms with Gasteiger partial charge < -0.3 is 5.32 Å². The van der Waals surface area contributed by atoms with E-state index in [-0.39, 0.29) is 0 Å². The molecule has 0 aliphatic rings. The number of rotatable bonds is 3. The Morgan fingerprint density at radius 3 is 2.62 bits per heavy atom. The lowest BCUT2D eigenvalue weighted by molar-refractivity contribution is 0.648. The van der Waals surface area contributed by atoms with Crippen LogP contribution < -0.4 is 5.32 Å². The van der Waals surface area contributed by atoms with Crippen LogP contribution in [0.25, 0.3) is 0 Å². The minimum absolute atomic E-state index is 0.674. The van der Waals surface area contributed by atoms with Gasteiger partial charge in [-0.25, -0.2) is 0 Å². The molecule has 72 valence electrons. The molecule has 0 aromatic heterocycles. The van der Waals surface area contributed by atoms with Crippen molar-refractivity contribution in [3.8, 4) is 0 Å². The Bertz CT molecular complexity index is 281. The third-order valence-electron chi connectivity index (χ3n) is 1.97. The molecule has 0 spiro atoms. The summed E-state index contributed by atoms with van der Waals surface area (Å²) in [5, 5.41) is 3.95. The molecule has 0 unspecified atom stereocenters. The molecule has 0 aliphatic carbocycles. The van der Waals surface area contributed by atoms with Crippen LogP contribution in [0.4, 0.5) is 5.69 Å². The number of nitrogens with one attached hydrogen (secondary N) is 1. The lowest BCUT2D eigenvalue weighted by Gasteiger charge is -2.11. The number of hydrogen-bond acceptors (Lipinski definition) is 1. The first-order valence-electron chi connectivity index (χ1n) is 4.59. The molecule has 0 bridgehead atoms. The highest BCUT2D eigenvalue weighted by atomic mass is 35.5. The van der Waals surface area contributed by atoms with Gasteiger partial charge in [0.05, 0.1) is 0 Å². The zero-order valence-electron chi connectivity index (χ0n) is 8.39. The fourth-order valence-corrected chi connectivity index (χ4v) is 1.57. The number of benzene rings is 1. The molecule has 1 aromatic rings. The van der Waals surface area contributed by atoms with Crippen LogP contribution in [0.2, 0.25) is 5.02 Å². The summed E-state index contributed by atoms with van der Waals surface area (Å²) in [6, 6.07) is 6.01. The largest absolute Gasteiger partial charge is 0.388 e. The van der Waals surface area contributed by atoms with Gasteiger partial charge in [0.25, 0.3) is 0 Å². The molecule has 0 saturated carbocycles. The topological polar surface area (TPSA) is 12.0 Å². The van der Waals surface area contributed by atoms with E-state index in [2.05, 4.69) is 25.2 Å².